The molecule has 0 aliphatic heterocycles. The number of aromatic nitrogens is 2. The van der Waals surface area contributed by atoms with Gasteiger partial charge in [0.05, 0.1) is 5.38 Å². The SMILES string of the molecule is CCc1nc(C(C)Cl)nc(Cl)c1C. The van der Waals surface area contributed by atoms with Crippen LogP contribution in [0.3, 0.4) is 0 Å². The van der Waals surface area contributed by atoms with Crippen LogP contribution in [0.25, 0.3) is 0 Å². The molecule has 1 rings (SSSR count). The molecule has 0 amide bonds. The highest BCUT2D eigenvalue weighted by atomic mass is 35.5. The van der Waals surface area contributed by atoms with Gasteiger partial charge in [-0.05, 0) is 20.3 Å². The van der Waals surface area contributed by atoms with Crippen molar-refractivity contribution in [1.82, 2.24) is 9.97 Å². The maximum atomic E-state index is 5.93. The summed E-state index contributed by atoms with van der Waals surface area (Å²) < 4.78 is 0. The predicted octanol–water partition coefficient (Wildman–Crippen LogP) is 3.30. The third-order valence-electron chi connectivity index (χ3n) is 1.90. The van der Waals surface area contributed by atoms with Crippen LogP contribution in [0.1, 0.15) is 36.3 Å². The Bertz CT molecular complexity index is 311. The Balaban J connectivity index is 3.22. The van der Waals surface area contributed by atoms with Gasteiger partial charge in [0.2, 0.25) is 0 Å². The Labute approximate surface area is 88.3 Å². The molecule has 0 fully saturated rings. The first-order valence-electron chi connectivity index (χ1n) is 4.23. The average molecular weight is 219 g/mol. The van der Waals surface area contributed by atoms with Gasteiger partial charge in [-0.15, -0.1) is 11.6 Å². The molecule has 0 aliphatic rings. The molecule has 13 heavy (non-hydrogen) atoms. The highest BCUT2D eigenvalue weighted by molar-refractivity contribution is 6.30. The van der Waals surface area contributed by atoms with Crippen molar-refractivity contribution in [2.75, 3.05) is 0 Å². The van der Waals surface area contributed by atoms with E-state index in [9.17, 15) is 0 Å². The van der Waals surface area contributed by atoms with Crippen molar-refractivity contribution in [3.8, 4) is 0 Å². The normalized spacial score (nSPS) is 13.0. The molecule has 1 heterocycles. The first-order valence-corrected chi connectivity index (χ1v) is 5.04. The van der Waals surface area contributed by atoms with Crippen LogP contribution in [0, 0.1) is 6.92 Å². The van der Waals surface area contributed by atoms with E-state index in [0.717, 1.165) is 17.7 Å². The summed E-state index contributed by atoms with van der Waals surface area (Å²) in [4.78, 5) is 8.43. The van der Waals surface area contributed by atoms with E-state index in [1.54, 1.807) is 0 Å². The number of nitrogens with zero attached hydrogens (tertiary/aromatic N) is 2. The van der Waals surface area contributed by atoms with E-state index < -0.39 is 0 Å². The van der Waals surface area contributed by atoms with Gasteiger partial charge in [0.1, 0.15) is 11.0 Å². The Hall–Kier alpha value is -0.340. The minimum Gasteiger partial charge on any atom is -0.236 e. The quantitative estimate of drug-likeness (QED) is 0.563. The maximum absolute atomic E-state index is 5.93. The first kappa shape index (κ1) is 10.7. The monoisotopic (exact) mass is 218 g/mol. The number of aryl methyl sites for hydroxylation is 1. The molecule has 1 unspecified atom stereocenters. The van der Waals surface area contributed by atoms with Gasteiger partial charge in [-0.3, -0.25) is 0 Å². The molecule has 1 atom stereocenters. The summed E-state index contributed by atoms with van der Waals surface area (Å²) in [5, 5.41) is 0.317. The molecule has 0 aliphatic carbocycles. The van der Waals surface area contributed by atoms with Gasteiger partial charge in [-0.1, -0.05) is 18.5 Å². The largest absolute Gasteiger partial charge is 0.236 e. The molecule has 0 radical (unpaired) electrons. The van der Waals surface area contributed by atoms with Crippen molar-refractivity contribution in [3.63, 3.8) is 0 Å². The van der Waals surface area contributed by atoms with Gasteiger partial charge in [-0.2, -0.15) is 0 Å². The lowest BCUT2D eigenvalue weighted by Crippen LogP contribution is -2.03. The average Bonchev–Trinajstić information content (AvgIpc) is 2.09. The Morgan fingerprint density at radius 3 is 2.46 bits per heavy atom. The van der Waals surface area contributed by atoms with Crippen molar-refractivity contribution in [2.45, 2.75) is 32.6 Å². The van der Waals surface area contributed by atoms with Crippen LogP contribution < -0.4 is 0 Å². The number of alkyl halides is 1. The highest BCUT2D eigenvalue weighted by Gasteiger charge is 2.11. The van der Waals surface area contributed by atoms with Crippen molar-refractivity contribution in [2.24, 2.45) is 0 Å². The van der Waals surface area contributed by atoms with Crippen molar-refractivity contribution < 1.29 is 0 Å². The molecular formula is C9H12Cl2N2. The number of hydrogen-bond acceptors (Lipinski definition) is 2. The highest BCUT2D eigenvalue weighted by Crippen LogP contribution is 2.21. The van der Waals surface area contributed by atoms with E-state index in [1.807, 2.05) is 20.8 Å². The third-order valence-corrected chi connectivity index (χ3v) is 2.46. The van der Waals surface area contributed by atoms with E-state index in [1.165, 1.54) is 0 Å². The van der Waals surface area contributed by atoms with E-state index >= 15 is 0 Å². The second kappa shape index (κ2) is 4.25. The minimum absolute atomic E-state index is 0.191. The van der Waals surface area contributed by atoms with Gasteiger partial charge in [0.25, 0.3) is 0 Å². The van der Waals surface area contributed by atoms with Gasteiger partial charge >= 0.3 is 0 Å². The summed E-state index contributed by atoms with van der Waals surface area (Å²) in [5.74, 6) is 0.606. The summed E-state index contributed by atoms with van der Waals surface area (Å²) in [6, 6.07) is 0. The van der Waals surface area contributed by atoms with Crippen LogP contribution >= 0.6 is 23.2 Å². The van der Waals surface area contributed by atoms with E-state index in [0.29, 0.717) is 11.0 Å². The summed E-state index contributed by atoms with van der Waals surface area (Å²) in [7, 11) is 0. The Morgan fingerprint density at radius 2 is 2.00 bits per heavy atom. The molecule has 0 saturated heterocycles. The summed E-state index contributed by atoms with van der Waals surface area (Å²) >= 11 is 11.8. The topological polar surface area (TPSA) is 25.8 Å². The molecule has 0 saturated carbocycles. The predicted molar refractivity (Wildman–Crippen MR) is 55.4 cm³/mol. The van der Waals surface area contributed by atoms with Crippen molar-refractivity contribution >= 4 is 23.2 Å². The Morgan fingerprint density at radius 1 is 1.38 bits per heavy atom. The van der Waals surface area contributed by atoms with Gasteiger partial charge in [0.15, 0.2) is 0 Å². The fourth-order valence-corrected chi connectivity index (χ4v) is 1.37. The van der Waals surface area contributed by atoms with Crippen molar-refractivity contribution in [1.29, 1.82) is 0 Å². The van der Waals surface area contributed by atoms with Crippen LogP contribution in [-0.2, 0) is 6.42 Å². The molecule has 0 N–H and O–H groups in total. The summed E-state index contributed by atoms with van der Waals surface area (Å²) in [6.45, 7) is 5.79. The molecule has 2 nitrogen and oxygen atoms in total. The fourth-order valence-electron chi connectivity index (χ4n) is 1.07. The van der Waals surface area contributed by atoms with Crippen LogP contribution in [0.4, 0.5) is 0 Å². The lowest BCUT2D eigenvalue weighted by atomic mass is 10.2. The maximum Gasteiger partial charge on any atom is 0.147 e. The molecule has 0 aromatic carbocycles. The number of rotatable bonds is 2. The zero-order valence-corrected chi connectivity index (χ0v) is 9.45. The number of hydrogen-bond donors (Lipinski definition) is 0. The van der Waals surface area contributed by atoms with Crippen molar-refractivity contribution in [3.05, 3.63) is 22.2 Å². The fraction of sp³-hybridized carbons (Fsp3) is 0.556. The van der Waals surface area contributed by atoms with E-state index in [2.05, 4.69) is 9.97 Å². The van der Waals surface area contributed by atoms with Crippen LogP contribution in [0.2, 0.25) is 5.15 Å². The van der Waals surface area contributed by atoms with Crippen LogP contribution in [0.5, 0.6) is 0 Å². The zero-order chi connectivity index (χ0) is 10.0. The number of halogens is 2. The molecule has 0 bridgehead atoms. The van der Waals surface area contributed by atoms with Crippen LogP contribution in [0.15, 0.2) is 0 Å². The molecule has 0 spiro atoms. The Kier molecular flexibility index (Phi) is 3.51. The van der Waals surface area contributed by atoms with E-state index in [4.69, 9.17) is 23.2 Å². The van der Waals surface area contributed by atoms with Crippen LogP contribution in [-0.4, -0.2) is 9.97 Å². The van der Waals surface area contributed by atoms with Gasteiger partial charge < -0.3 is 0 Å². The lowest BCUT2D eigenvalue weighted by Gasteiger charge is -2.08. The lowest BCUT2D eigenvalue weighted by molar-refractivity contribution is 0.855. The second-order valence-electron chi connectivity index (χ2n) is 2.91. The molecule has 1 aromatic rings. The second-order valence-corrected chi connectivity index (χ2v) is 3.93. The van der Waals surface area contributed by atoms with E-state index in [-0.39, 0.29) is 5.38 Å². The molecule has 4 heteroatoms. The van der Waals surface area contributed by atoms with Gasteiger partial charge in [0, 0.05) is 11.3 Å². The third kappa shape index (κ3) is 2.32. The molecular weight excluding hydrogens is 207 g/mol. The van der Waals surface area contributed by atoms with Gasteiger partial charge in [-0.25, -0.2) is 9.97 Å². The zero-order valence-electron chi connectivity index (χ0n) is 7.93. The standard InChI is InChI=1S/C9H12Cl2N2/c1-4-7-5(2)8(11)13-9(12-7)6(3)10/h6H,4H2,1-3H3. The molecule has 72 valence electrons. The smallest absolute Gasteiger partial charge is 0.147 e. The minimum atomic E-state index is -0.191. The summed E-state index contributed by atoms with van der Waals surface area (Å²) in [5.41, 5.74) is 1.92. The first-order chi connectivity index (χ1) is 6.06. The molecule has 1 aromatic heterocycles. The summed E-state index contributed by atoms with van der Waals surface area (Å²) in [6.07, 6.45) is 0.852.